The normalized spacial score (nSPS) is 13.1. The summed E-state index contributed by atoms with van der Waals surface area (Å²) in [7, 11) is 0. The average Bonchev–Trinajstić information content (AvgIpc) is 2.34. The third kappa shape index (κ3) is 3.82. The van der Waals surface area contributed by atoms with Gasteiger partial charge in [0, 0.05) is 23.9 Å². The molecule has 0 heterocycles. The fraction of sp³-hybridized carbons (Fsp3) is 0.455. The Hall–Kier alpha value is -1.83. The third-order valence-corrected chi connectivity index (χ3v) is 2.59. The van der Waals surface area contributed by atoms with Crippen molar-refractivity contribution < 1.29 is 23.2 Å². The van der Waals surface area contributed by atoms with Crippen LogP contribution in [-0.2, 0) is 6.18 Å². The molecule has 19 heavy (non-hydrogen) atoms. The molecule has 0 aliphatic rings. The quantitative estimate of drug-likeness (QED) is 0.641. The summed E-state index contributed by atoms with van der Waals surface area (Å²) in [6, 6.07) is 1.93. The van der Waals surface area contributed by atoms with Gasteiger partial charge in [-0.25, -0.2) is 0 Å². The minimum Gasteiger partial charge on any atom is -0.394 e. The number of hydrogen-bond donors (Lipinski definition) is 2. The lowest BCUT2D eigenvalue weighted by Crippen LogP contribution is -2.24. The number of alkyl halides is 3. The molecule has 0 aliphatic heterocycles. The van der Waals surface area contributed by atoms with Crippen molar-refractivity contribution >= 4 is 11.4 Å². The van der Waals surface area contributed by atoms with E-state index in [0.717, 1.165) is 12.1 Å². The van der Waals surface area contributed by atoms with E-state index in [0.29, 0.717) is 12.5 Å². The second-order valence-electron chi connectivity index (χ2n) is 3.92. The summed E-state index contributed by atoms with van der Waals surface area (Å²) in [5.41, 5.74) is -2.03. The third-order valence-electron chi connectivity index (χ3n) is 2.59. The number of hydrogen-bond acceptors (Lipinski definition) is 4. The molecule has 0 fully saturated rings. The topological polar surface area (TPSA) is 75.4 Å². The van der Waals surface area contributed by atoms with Gasteiger partial charge in [0.05, 0.1) is 17.1 Å². The number of nitrogens with one attached hydrogen (secondary N) is 1. The number of halogens is 3. The number of benzene rings is 1. The first kappa shape index (κ1) is 15.2. The number of nitro benzene ring substituents is 1. The molecule has 0 aromatic heterocycles. The highest BCUT2D eigenvalue weighted by molar-refractivity contribution is 5.57. The predicted octanol–water partition coefficient (Wildman–Crippen LogP) is 2.80. The fourth-order valence-electron chi connectivity index (χ4n) is 1.50. The van der Waals surface area contributed by atoms with Gasteiger partial charge in [-0.05, 0) is 12.5 Å². The van der Waals surface area contributed by atoms with Crippen molar-refractivity contribution in [1.82, 2.24) is 0 Å². The number of nitro groups is 1. The molecule has 1 rings (SSSR count). The van der Waals surface area contributed by atoms with E-state index < -0.39 is 28.4 Å². The molecule has 106 valence electrons. The van der Waals surface area contributed by atoms with Crippen LogP contribution in [0.25, 0.3) is 0 Å². The van der Waals surface area contributed by atoms with Gasteiger partial charge in [-0.1, -0.05) is 6.92 Å². The number of anilines is 1. The fourth-order valence-corrected chi connectivity index (χ4v) is 1.50. The maximum atomic E-state index is 12.8. The van der Waals surface area contributed by atoms with Gasteiger partial charge in [0.2, 0.25) is 0 Å². The van der Waals surface area contributed by atoms with Crippen molar-refractivity contribution in [3.8, 4) is 0 Å². The van der Waals surface area contributed by atoms with Gasteiger partial charge in [-0.2, -0.15) is 13.2 Å². The number of aliphatic hydroxyl groups is 1. The summed E-state index contributed by atoms with van der Waals surface area (Å²) in [5.74, 6) is 0. The second-order valence-corrected chi connectivity index (χ2v) is 3.92. The average molecular weight is 278 g/mol. The summed E-state index contributed by atoms with van der Waals surface area (Å²) in [6.45, 7) is 1.37. The molecule has 1 atom stereocenters. The number of nitrogens with zero attached hydrogens (tertiary/aromatic N) is 1. The number of non-ortho nitro benzene ring substituents is 1. The first-order valence-corrected chi connectivity index (χ1v) is 5.52. The monoisotopic (exact) mass is 278 g/mol. The number of rotatable bonds is 5. The Labute approximate surface area is 107 Å². The highest BCUT2D eigenvalue weighted by atomic mass is 19.4. The predicted molar refractivity (Wildman–Crippen MR) is 62.9 cm³/mol. The van der Waals surface area contributed by atoms with Crippen LogP contribution >= 0.6 is 0 Å². The van der Waals surface area contributed by atoms with Gasteiger partial charge in [0.1, 0.15) is 0 Å². The second kappa shape index (κ2) is 5.87. The standard InChI is InChI=1S/C11H13F3N2O3/c1-2-7(6-17)15-10-4-3-8(16(18)19)5-9(10)11(12,13)14/h3-5,7,15,17H,2,6H2,1H3/t7-/m1/s1. The smallest absolute Gasteiger partial charge is 0.394 e. The lowest BCUT2D eigenvalue weighted by molar-refractivity contribution is -0.385. The summed E-state index contributed by atoms with van der Waals surface area (Å²) in [4.78, 5) is 9.62. The molecule has 0 spiro atoms. The zero-order valence-corrected chi connectivity index (χ0v) is 10.1. The molecule has 0 aliphatic carbocycles. The Morgan fingerprint density at radius 3 is 2.53 bits per heavy atom. The van der Waals surface area contributed by atoms with E-state index in [1.54, 1.807) is 6.92 Å². The summed E-state index contributed by atoms with van der Waals surface area (Å²) >= 11 is 0. The first-order chi connectivity index (χ1) is 8.79. The molecule has 0 bridgehead atoms. The minimum atomic E-state index is -4.71. The van der Waals surface area contributed by atoms with Crippen molar-refractivity contribution in [3.63, 3.8) is 0 Å². The van der Waals surface area contributed by atoms with E-state index in [2.05, 4.69) is 5.32 Å². The SMILES string of the molecule is CC[C@H](CO)Nc1ccc([N+](=O)[O-])cc1C(F)(F)F. The van der Waals surface area contributed by atoms with Crippen molar-refractivity contribution in [3.05, 3.63) is 33.9 Å². The van der Waals surface area contributed by atoms with Crippen LogP contribution in [0, 0.1) is 10.1 Å². The molecule has 0 unspecified atom stereocenters. The van der Waals surface area contributed by atoms with Gasteiger partial charge >= 0.3 is 6.18 Å². The Balaban J connectivity index is 3.20. The van der Waals surface area contributed by atoms with Crippen LogP contribution in [0.2, 0.25) is 0 Å². The molecular weight excluding hydrogens is 265 g/mol. The van der Waals surface area contributed by atoms with Crippen molar-refractivity contribution in [2.45, 2.75) is 25.6 Å². The van der Waals surface area contributed by atoms with E-state index in [4.69, 9.17) is 5.11 Å². The molecule has 2 N–H and O–H groups in total. The van der Waals surface area contributed by atoms with Crippen molar-refractivity contribution in [2.24, 2.45) is 0 Å². The lowest BCUT2D eigenvalue weighted by Gasteiger charge is -2.19. The lowest BCUT2D eigenvalue weighted by atomic mass is 10.1. The molecule has 0 saturated heterocycles. The first-order valence-electron chi connectivity index (χ1n) is 5.52. The summed E-state index contributed by atoms with van der Waals surface area (Å²) in [6.07, 6.45) is -4.28. The highest BCUT2D eigenvalue weighted by Gasteiger charge is 2.35. The maximum absolute atomic E-state index is 12.8. The van der Waals surface area contributed by atoms with Crippen LogP contribution in [-0.4, -0.2) is 22.7 Å². The maximum Gasteiger partial charge on any atom is 0.418 e. The van der Waals surface area contributed by atoms with Crippen LogP contribution in [0.15, 0.2) is 18.2 Å². The van der Waals surface area contributed by atoms with Gasteiger partial charge in [-0.15, -0.1) is 0 Å². The van der Waals surface area contributed by atoms with E-state index >= 15 is 0 Å². The van der Waals surface area contributed by atoms with E-state index in [9.17, 15) is 23.3 Å². The zero-order valence-electron chi connectivity index (χ0n) is 10.1. The zero-order chi connectivity index (χ0) is 14.6. The van der Waals surface area contributed by atoms with Gasteiger partial charge in [0.25, 0.3) is 5.69 Å². The Kier molecular flexibility index (Phi) is 4.71. The Bertz CT molecular complexity index is 459. The van der Waals surface area contributed by atoms with Crippen LogP contribution in [0.3, 0.4) is 0 Å². The van der Waals surface area contributed by atoms with Crippen LogP contribution in [0.5, 0.6) is 0 Å². The van der Waals surface area contributed by atoms with E-state index in [-0.39, 0.29) is 12.3 Å². The molecule has 5 nitrogen and oxygen atoms in total. The minimum absolute atomic E-state index is 0.279. The Morgan fingerprint density at radius 2 is 2.11 bits per heavy atom. The van der Waals surface area contributed by atoms with Gasteiger partial charge in [0.15, 0.2) is 0 Å². The van der Waals surface area contributed by atoms with Crippen LogP contribution in [0.4, 0.5) is 24.5 Å². The molecular formula is C11H13F3N2O3. The largest absolute Gasteiger partial charge is 0.418 e. The van der Waals surface area contributed by atoms with E-state index in [1.165, 1.54) is 0 Å². The summed E-state index contributed by atoms with van der Waals surface area (Å²) < 4.78 is 38.5. The van der Waals surface area contributed by atoms with Crippen molar-refractivity contribution in [2.75, 3.05) is 11.9 Å². The molecule has 1 aromatic carbocycles. The molecule has 0 saturated carbocycles. The van der Waals surface area contributed by atoms with E-state index in [1.807, 2.05) is 0 Å². The van der Waals surface area contributed by atoms with Gasteiger partial charge in [-0.3, -0.25) is 10.1 Å². The molecule has 1 aromatic rings. The van der Waals surface area contributed by atoms with Gasteiger partial charge < -0.3 is 10.4 Å². The Morgan fingerprint density at radius 1 is 1.47 bits per heavy atom. The molecule has 0 amide bonds. The number of aliphatic hydroxyl groups excluding tert-OH is 1. The molecule has 0 radical (unpaired) electrons. The van der Waals surface area contributed by atoms with Crippen LogP contribution < -0.4 is 5.32 Å². The van der Waals surface area contributed by atoms with Crippen LogP contribution in [0.1, 0.15) is 18.9 Å². The van der Waals surface area contributed by atoms with Crippen molar-refractivity contribution in [1.29, 1.82) is 0 Å². The molecule has 8 heteroatoms. The summed E-state index contributed by atoms with van der Waals surface area (Å²) in [5, 5.41) is 22.0. The highest BCUT2D eigenvalue weighted by Crippen LogP contribution is 2.37.